The van der Waals surface area contributed by atoms with Crippen molar-refractivity contribution in [2.75, 3.05) is 18.2 Å². The number of thioether (sulfide) groups is 1. The van der Waals surface area contributed by atoms with E-state index in [0.717, 1.165) is 16.8 Å². The molecule has 2 amide bonds. The Hall–Kier alpha value is -2.25. The molecule has 2 heterocycles. The molecule has 1 aliphatic heterocycles. The second-order valence-electron chi connectivity index (χ2n) is 8.23. The molecule has 1 aromatic heterocycles. The number of amides is 2. The van der Waals surface area contributed by atoms with Crippen molar-refractivity contribution in [2.45, 2.75) is 40.3 Å². The van der Waals surface area contributed by atoms with Crippen LogP contribution in [0.25, 0.3) is 6.08 Å². The number of aryl methyl sites for hydroxylation is 2. The van der Waals surface area contributed by atoms with E-state index in [1.807, 2.05) is 27.7 Å². The minimum absolute atomic E-state index is 0.0967. The van der Waals surface area contributed by atoms with Crippen LogP contribution in [-0.4, -0.2) is 50.7 Å². The van der Waals surface area contributed by atoms with E-state index in [1.54, 1.807) is 27.4 Å². The van der Waals surface area contributed by atoms with Crippen molar-refractivity contribution >= 4 is 41.3 Å². The summed E-state index contributed by atoms with van der Waals surface area (Å²) in [5, 5.41) is 7.94. The highest BCUT2D eigenvalue weighted by atomic mass is 35.5. The lowest BCUT2D eigenvalue weighted by molar-refractivity contribution is -0.134. The van der Waals surface area contributed by atoms with Gasteiger partial charge in [-0.15, -0.1) is 11.8 Å². The highest BCUT2D eigenvalue weighted by Gasteiger charge is 2.33. The van der Waals surface area contributed by atoms with Crippen LogP contribution >= 0.6 is 23.4 Å². The SMILES string of the molecule is Cc1ccc(Cn2nc(C)c(C=CC(=O)N3CSCC3C(=O)NCC(C)C)c2Cl)cc1. The van der Waals surface area contributed by atoms with Gasteiger partial charge in [0.1, 0.15) is 11.2 Å². The Kier molecular flexibility index (Phi) is 7.84. The van der Waals surface area contributed by atoms with E-state index < -0.39 is 6.04 Å². The molecule has 1 aromatic carbocycles. The lowest BCUT2D eigenvalue weighted by Crippen LogP contribution is -2.47. The second-order valence-corrected chi connectivity index (χ2v) is 9.59. The Balaban J connectivity index is 1.69. The van der Waals surface area contributed by atoms with Crippen LogP contribution in [0, 0.1) is 19.8 Å². The molecular weight excluding hydrogens is 432 g/mol. The Morgan fingerprint density at radius 1 is 1.29 bits per heavy atom. The zero-order valence-corrected chi connectivity index (χ0v) is 20.0. The fourth-order valence-corrected chi connectivity index (χ4v) is 4.74. The van der Waals surface area contributed by atoms with E-state index in [4.69, 9.17) is 11.6 Å². The first kappa shape index (κ1) is 23.4. The molecule has 1 fully saturated rings. The number of nitrogens with zero attached hydrogens (tertiary/aromatic N) is 3. The zero-order chi connectivity index (χ0) is 22.5. The molecule has 8 heteroatoms. The maximum atomic E-state index is 12.8. The molecule has 166 valence electrons. The summed E-state index contributed by atoms with van der Waals surface area (Å²) in [4.78, 5) is 26.9. The topological polar surface area (TPSA) is 67.2 Å². The number of carbonyl (C=O) groups excluding carboxylic acids is 2. The van der Waals surface area contributed by atoms with Crippen LogP contribution in [-0.2, 0) is 16.1 Å². The monoisotopic (exact) mass is 460 g/mol. The molecule has 1 atom stereocenters. The number of aromatic nitrogens is 2. The number of rotatable bonds is 7. The molecular formula is C23H29ClN4O2S. The van der Waals surface area contributed by atoms with Crippen LogP contribution in [0.2, 0.25) is 5.15 Å². The van der Waals surface area contributed by atoms with E-state index in [0.29, 0.717) is 35.8 Å². The molecule has 1 N–H and O–H groups in total. The Labute approximate surface area is 193 Å². The fraction of sp³-hybridized carbons (Fsp3) is 0.435. The summed E-state index contributed by atoms with van der Waals surface area (Å²) in [5.41, 5.74) is 3.77. The first-order chi connectivity index (χ1) is 14.8. The zero-order valence-electron chi connectivity index (χ0n) is 18.4. The van der Waals surface area contributed by atoms with Crippen LogP contribution in [0.1, 0.15) is 36.2 Å². The quantitative estimate of drug-likeness (QED) is 0.636. The standard InChI is InChI=1S/C23H29ClN4O2S/c1-15(2)11-25-23(30)20-13-31-14-27(20)21(29)10-9-19-17(4)26-28(22(19)24)12-18-7-5-16(3)6-8-18/h5-10,15,20H,11-14H2,1-4H3,(H,25,30). The van der Waals surface area contributed by atoms with Crippen LogP contribution in [0.5, 0.6) is 0 Å². The summed E-state index contributed by atoms with van der Waals surface area (Å²) in [7, 11) is 0. The van der Waals surface area contributed by atoms with Crippen molar-refractivity contribution in [3.63, 3.8) is 0 Å². The predicted octanol–water partition coefficient (Wildman–Crippen LogP) is 3.89. The van der Waals surface area contributed by atoms with Crippen molar-refractivity contribution in [1.29, 1.82) is 0 Å². The van der Waals surface area contributed by atoms with Gasteiger partial charge in [-0.2, -0.15) is 5.10 Å². The van der Waals surface area contributed by atoms with Gasteiger partial charge in [0.15, 0.2) is 0 Å². The van der Waals surface area contributed by atoms with Crippen molar-refractivity contribution in [1.82, 2.24) is 20.0 Å². The lowest BCUT2D eigenvalue weighted by atomic mass is 10.1. The smallest absolute Gasteiger partial charge is 0.247 e. The number of hydrogen-bond acceptors (Lipinski definition) is 4. The molecule has 2 aromatic rings. The number of halogens is 1. The summed E-state index contributed by atoms with van der Waals surface area (Å²) in [5.74, 6) is 1.18. The van der Waals surface area contributed by atoms with Crippen molar-refractivity contribution in [2.24, 2.45) is 5.92 Å². The van der Waals surface area contributed by atoms with Gasteiger partial charge in [-0.3, -0.25) is 9.59 Å². The Morgan fingerprint density at radius 3 is 2.68 bits per heavy atom. The molecule has 6 nitrogen and oxygen atoms in total. The average molecular weight is 461 g/mol. The van der Waals surface area contributed by atoms with Crippen LogP contribution in [0.15, 0.2) is 30.3 Å². The predicted molar refractivity (Wildman–Crippen MR) is 127 cm³/mol. The minimum atomic E-state index is -0.443. The molecule has 0 radical (unpaired) electrons. The van der Waals surface area contributed by atoms with Crippen LogP contribution < -0.4 is 5.32 Å². The highest BCUT2D eigenvalue weighted by Crippen LogP contribution is 2.24. The second kappa shape index (κ2) is 10.4. The molecule has 1 aliphatic rings. The maximum absolute atomic E-state index is 12.8. The minimum Gasteiger partial charge on any atom is -0.354 e. The number of benzene rings is 1. The molecule has 0 aliphatic carbocycles. The largest absolute Gasteiger partial charge is 0.354 e. The number of carbonyl (C=O) groups is 2. The average Bonchev–Trinajstić information content (AvgIpc) is 3.32. The third-order valence-electron chi connectivity index (χ3n) is 5.11. The maximum Gasteiger partial charge on any atom is 0.247 e. The third kappa shape index (κ3) is 5.92. The summed E-state index contributed by atoms with van der Waals surface area (Å²) in [6, 6.07) is 7.78. The van der Waals surface area contributed by atoms with Gasteiger partial charge >= 0.3 is 0 Å². The molecule has 0 spiro atoms. The first-order valence-electron chi connectivity index (χ1n) is 10.4. The molecule has 0 saturated carbocycles. The van der Waals surface area contributed by atoms with Crippen molar-refractivity contribution in [3.05, 3.63) is 57.9 Å². The summed E-state index contributed by atoms with van der Waals surface area (Å²) in [6.45, 7) is 9.16. The van der Waals surface area contributed by atoms with E-state index >= 15 is 0 Å². The third-order valence-corrected chi connectivity index (χ3v) is 6.52. The van der Waals surface area contributed by atoms with E-state index in [1.165, 1.54) is 11.6 Å². The van der Waals surface area contributed by atoms with Gasteiger partial charge in [0.2, 0.25) is 11.8 Å². The highest BCUT2D eigenvalue weighted by molar-refractivity contribution is 7.99. The van der Waals surface area contributed by atoms with Gasteiger partial charge in [-0.1, -0.05) is 55.3 Å². The molecule has 31 heavy (non-hydrogen) atoms. The van der Waals surface area contributed by atoms with Gasteiger partial charge in [0, 0.05) is 23.9 Å². The van der Waals surface area contributed by atoms with Gasteiger partial charge in [0.05, 0.1) is 18.1 Å². The van der Waals surface area contributed by atoms with E-state index in [-0.39, 0.29) is 11.8 Å². The Bertz CT molecular complexity index is 969. The van der Waals surface area contributed by atoms with Gasteiger partial charge in [-0.05, 0) is 31.4 Å². The summed E-state index contributed by atoms with van der Waals surface area (Å²) < 4.78 is 1.74. The van der Waals surface area contributed by atoms with E-state index in [2.05, 4.69) is 34.7 Å². The van der Waals surface area contributed by atoms with Crippen molar-refractivity contribution in [3.8, 4) is 0 Å². The Morgan fingerprint density at radius 2 is 2.00 bits per heavy atom. The van der Waals surface area contributed by atoms with Crippen molar-refractivity contribution < 1.29 is 9.59 Å². The fourth-order valence-electron chi connectivity index (χ4n) is 3.28. The van der Waals surface area contributed by atoms with Gasteiger partial charge < -0.3 is 10.2 Å². The summed E-state index contributed by atoms with van der Waals surface area (Å²) in [6.07, 6.45) is 3.19. The molecule has 0 bridgehead atoms. The first-order valence-corrected chi connectivity index (χ1v) is 11.9. The van der Waals surface area contributed by atoms with Crippen LogP contribution in [0.3, 0.4) is 0 Å². The molecule has 1 saturated heterocycles. The van der Waals surface area contributed by atoms with E-state index in [9.17, 15) is 9.59 Å². The number of nitrogens with one attached hydrogen (secondary N) is 1. The molecule has 3 rings (SSSR count). The lowest BCUT2D eigenvalue weighted by Gasteiger charge is -2.22. The molecule has 1 unspecified atom stereocenters. The number of hydrogen-bond donors (Lipinski definition) is 1. The van der Waals surface area contributed by atoms with Crippen LogP contribution in [0.4, 0.5) is 0 Å². The van der Waals surface area contributed by atoms with Gasteiger partial charge in [-0.25, -0.2) is 4.68 Å². The summed E-state index contributed by atoms with van der Waals surface area (Å²) >= 11 is 8.14. The normalized spacial score (nSPS) is 16.5. The van der Waals surface area contributed by atoms with Gasteiger partial charge in [0.25, 0.3) is 0 Å².